The summed E-state index contributed by atoms with van der Waals surface area (Å²) in [5.41, 5.74) is 0. The van der Waals surface area contributed by atoms with Gasteiger partial charge in [0.05, 0.1) is 0 Å². The maximum absolute atomic E-state index is 12.9. The third-order valence-electron chi connectivity index (χ3n) is 13.7. The van der Waals surface area contributed by atoms with Crippen LogP contribution in [0.1, 0.15) is 297 Å². The normalized spacial score (nSPS) is 12.9. The summed E-state index contributed by atoms with van der Waals surface area (Å²) in [6.07, 6.45) is 90.7. The maximum Gasteiger partial charge on any atom is 0.306 e. The molecule has 78 heavy (non-hydrogen) atoms. The summed E-state index contributed by atoms with van der Waals surface area (Å²) < 4.78 is 16.9. The Morgan fingerprint density at radius 3 is 0.846 bits per heavy atom. The maximum atomic E-state index is 12.9. The van der Waals surface area contributed by atoms with Crippen LogP contribution in [0.25, 0.3) is 0 Å². The summed E-state index contributed by atoms with van der Waals surface area (Å²) >= 11 is 0. The van der Waals surface area contributed by atoms with E-state index in [-0.39, 0.29) is 31.1 Å². The van der Waals surface area contributed by atoms with E-state index in [1.807, 2.05) is 0 Å². The van der Waals surface area contributed by atoms with Crippen LogP contribution in [0.15, 0.2) is 122 Å². The quantitative estimate of drug-likeness (QED) is 0.0261. The van der Waals surface area contributed by atoms with Crippen molar-refractivity contribution >= 4 is 17.9 Å². The van der Waals surface area contributed by atoms with Gasteiger partial charge in [0.15, 0.2) is 6.10 Å². The van der Waals surface area contributed by atoms with Crippen molar-refractivity contribution in [2.45, 2.75) is 303 Å². The molecular formula is C72H120O6. The third-order valence-corrected chi connectivity index (χ3v) is 13.7. The highest BCUT2D eigenvalue weighted by molar-refractivity contribution is 5.71. The molecule has 6 heteroatoms. The first-order chi connectivity index (χ1) is 38.5. The van der Waals surface area contributed by atoms with Crippen molar-refractivity contribution in [2.24, 2.45) is 0 Å². The van der Waals surface area contributed by atoms with Gasteiger partial charge in [0.1, 0.15) is 13.2 Å². The number of rotatable bonds is 58. The zero-order valence-corrected chi connectivity index (χ0v) is 50.9. The van der Waals surface area contributed by atoms with Crippen molar-refractivity contribution in [3.8, 4) is 0 Å². The highest BCUT2D eigenvalue weighted by Crippen LogP contribution is 2.15. The van der Waals surface area contributed by atoms with Gasteiger partial charge in [-0.25, -0.2) is 0 Å². The molecule has 0 rings (SSSR count). The highest BCUT2D eigenvalue weighted by atomic mass is 16.6. The average molecular weight is 1080 g/mol. The summed E-state index contributed by atoms with van der Waals surface area (Å²) in [5, 5.41) is 0. The SMILES string of the molecule is CC/C=C\C/C=C\C/C=C\C/C=C\C/C=C\C/C=C\CCCCCCCCCCC(=O)OCC(COC(=O)CCCCCCC/C=C\CCC)OC(=O)CCCCCCCCCC/C=C\C/C=C\C/C=C\CCCCCCC. The van der Waals surface area contributed by atoms with Crippen LogP contribution in [0.2, 0.25) is 0 Å². The van der Waals surface area contributed by atoms with E-state index in [0.29, 0.717) is 19.3 Å². The second kappa shape index (κ2) is 65.3. The molecule has 6 nitrogen and oxygen atoms in total. The fraction of sp³-hybridized carbons (Fsp3) is 0.681. The van der Waals surface area contributed by atoms with Crippen LogP contribution in [-0.4, -0.2) is 37.2 Å². The van der Waals surface area contributed by atoms with Crippen LogP contribution in [0.4, 0.5) is 0 Å². The minimum atomic E-state index is -0.793. The van der Waals surface area contributed by atoms with Crippen LogP contribution < -0.4 is 0 Å². The van der Waals surface area contributed by atoms with Crippen molar-refractivity contribution < 1.29 is 28.6 Å². The Morgan fingerprint density at radius 1 is 0.269 bits per heavy atom. The summed E-state index contributed by atoms with van der Waals surface area (Å²) in [6, 6.07) is 0. The van der Waals surface area contributed by atoms with Gasteiger partial charge < -0.3 is 14.2 Å². The van der Waals surface area contributed by atoms with E-state index < -0.39 is 6.10 Å². The van der Waals surface area contributed by atoms with Crippen LogP contribution in [0, 0.1) is 0 Å². The van der Waals surface area contributed by atoms with Gasteiger partial charge in [0.25, 0.3) is 0 Å². The number of hydrogen-bond acceptors (Lipinski definition) is 6. The van der Waals surface area contributed by atoms with Crippen LogP contribution in [-0.2, 0) is 28.6 Å². The van der Waals surface area contributed by atoms with Crippen molar-refractivity contribution in [3.05, 3.63) is 122 Å². The van der Waals surface area contributed by atoms with E-state index in [9.17, 15) is 14.4 Å². The molecule has 0 heterocycles. The second-order valence-electron chi connectivity index (χ2n) is 21.3. The first-order valence-electron chi connectivity index (χ1n) is 32.5. The number of esters is 3. The number of carbonyl (C=O) groups is 3. The molecule has 0 saturated heterocycles. The number of unbranched alkanes of at least 4 members (excludes halogenated alkanes) is 27. The largest absolute Gasteiger partial charge is 0.462 e. The molecule has 0 N–H and O–H groups in total. The minimum absolute atomic E-state index is 0.0899. The smallest absolute Gasteiger partial charge is 0.306 e. The third kappa shape index (κ3) is 62.7. The van der Waals surface area contributed by atoms with Crippen molar-refractivity contribution in [1.82, 2.24) is 0 Å². The molecule has 0 aromatic carbocycles. The van der Waals surface area contributed by atoms with Gasteiger partial charge in [-0.1, -0.05) is 271 Å². The second-order valence-corrected chi connectivity index (χ2v) is 21.3. The Hall–Kier alpha value is -4.19. The standard InChI is InChI=1S/C72H120O6/c1-4-7-10-13-16-19-22-24-26-28-30-32-34-35-36-37-39-40-42-44-46-48-50-53-56-59-62-65-71(74)77-68-69(67-76-70(73)64-61-58-55-52-21-18-15-12-9-6-3)78-72(75)66-63-60-57-54-51-49-47-45-43-41-38-33-31-29-27-25-23-20-17-14-11-8-5-2/h7,10,12,15-16,19,23-26,29-32,35-36,38-41,69H,4-6,8-9,11,13-14,17-18,20-22,27-28,33-34,37,42-68H2,1-3H3/b10-7-,15-12-,19-16-,25-23-,26-24-,31-29-,32-30-,36-35-,40-39-,41-38-. The Morgan fingerprint density at radius 2 is 0.526 bits per heavy atom. The monoisotopic (exact) mass is 1080 g/mol. The van der Waals surface area contributed by atoms with E-state index in [2.05, 4.69) is 142 Å². The summed E-state index contributed by atoms with van der Waals surface area (Å²) in [4.78, 5) is 38.3. The molecule has 0 saturated carbocycles. The van der Waals surface area contributed by atoms with Gasteiger partial charge in [-0.2, -0.15) is 0 Å². The summed E-state index contributed by atoms with van der Waals surface area (Å²) in [6.45, 7) is 6.44. The summed E-state index contributed by atoms with van der Waals surface area (Å²) in [5.74, 6) is -0.912. The fourth-order valence-electron chi connectivity index (χ4n) is 8.81. The van der Waals surface area contributed by atoms with Gasteiger partial charge in [-0.05, 0) is 128 Å². The predicted molar refractivity (Wildman–Crippen MR) is 339 cm³/mol. The molecule has 0 aliphatic rings. The lowest BCUT2D eigenvalue weighted by Crippen LogP contribution is -2.30. The lowest BCUT2D eigenvalue weighted by atomic mass is 10.1. The molecule has 444 valence electrons. The van der Waals surface area contributed by atoms with Gasteiger partial charge in [0, 0.05) is 19.3 Å². The Labute approximate surface area is 482 Å². The van der Waals surface area contributed by atoms with Crippen LogP contribution in [0.5, 0.6) is 0 Å². The molecule has 0 fully saturated rings. The van der Waals surface area contributed by atoms with Crippen LogP contribution >= 0.6 is 0 Å². The molecule has 0 aromatic heterocycles. The van der Waals surface area contributed by atoms with E-state index in [1.165, 1.54) is 116 Å². The molecule has 0 aliphatic heterocycles. The van der Waals surface area contributed by atoms with E-state index in [4.69, 9.17) is 14.2 Å². The zero-order valence-electron chi connectivity index (χ0n) is 50.9. The van der Waals surface area contributed by atoms with Gasteiger partial charge >= 0.3 is 17.9 Å². The minimum Gasteiger partial charge on any atom is -0.462 e. The van der Waals surface area contributed by atoms with E-state index in [0.717, 1.165) is 141 Å². The molecular weight excluding hydrogens is 961 g/mol. The predicted octanol–water partition coefficient (Wildman–Crippen LogP) is 22.4. The molecule has 0 amide bonds. The topological polar surface area (TPSA) is 78.9 Å². The Balaban J connectivity index is 4.30. The lowest BCUT2D eigenvalue weighted by Gasteiger charge is -2.18. The molecule has 0 spiro atoms. The zero-order chi connectivity index (χ0) is 56.4. The van der Waals surface area contributed by atoms with Gasteiger partial charge in [-0.15, -0.1) is 0 Å². The average Bonchev–Trinajstić information content (AvgIpc) is 3.44. The summed E-state index contributed by atoms with van der Waals surface area (Å²) in [7, 11) is 0. The van der Waals surface area contributed by atoms with Crippen molar-refractivity contribution in [2.75, 3.05) is 13.2 Å². The van der Waals surface area contributed by atoms with Crippen molar-refractivity contribution in [3.63, 3.8) is 0 Å². The molecule has 0 radical (unpaired) electrons. The molecule has 0 aliphatic carbocycles. The number of carbonyl (C=O) groups excluding carboxylic acids is 3. The number of allylic oxidation sites excluding steroid dienone is 20. The first-order valence-corrected chi connectivity index (χ1v) is 32.5. The van der Waals surface area contributed by atoms with E-state index >= 15 is 0 Å². The molecule has 0 bridgehead atoms. The van der Waals surface area contributed by atoms with Gasteiger partial charge in [0.2, 0.25) is 0 Å². The molecule has 0 aromatic rings. The molecule has 1 atom stereocenters. The Bertz CT molecular complexity index is 1620. The van der Waals surface area contributed by atoms with Gasteiger partial charge in [-0.3, -0.25) is 14.4 Å². The molecule has 1 unspecified atom stereocenters. The number of ether oxygens (including phenoxy) is 3. The fourth-order valence-corrected chi connectivity index (χ4v) is 8.81. The van der Waals surface area contributed by atoms with Crippen LogP contribution in [0.3, 0.4) is 0 Å². The Kier molecular flexibility index (Phi) is 61.8. The van der Waals surface area contributed by atoms with E-state index in [1.54, 1.807) is 0 Å². The van der Waals surface area contributed by atoms with Crippen molar-refractivity contribution in [1.29, 1.82) is 0 Å². The first kappa shape index (κ1) is 73.8. The lowest BCUT2D eigenvalue weighted by molar-refractivity contribution is -0.167. The highest BCUT2D eigenvalue weighted by Gasteiger charge is 2.19. The number of hydrogen-bond donors (Lipinski definition) is 0.